The zero-order valence-electron chi connectivity index (χ0n) is 15.2. The van der Waals surface area contributed by atoms with Gasteiger partial charge in [0.05, 0.1) is 13.2 Å². The molecule has 0 aromatic heterocycles. The van der Waals surface area contributed by atoms with Crippen molar-refractivity contribution in [2.75, 3.05) is 20.0 Å². The Morgan fingerprint density at radius 2 is 1.70 bits per heavy atom. The van der Waals surface area contributed by atoms with E-state index >= 15 is 0 Å². The van der Waals surface area contributed by atoms with Crippen molar-refractivity contribution in [2.45, 2.75) is 31.5 Å². The number of ketones is 1. The molecule has 0 amide bonds. The lowest BCUT2D eigenvalue weighted by molar-refractivity contribution is -0.0872. The fourth-order valence-electron chi connectivity index (χ4n) is 4.54. The summed E-state index contributed by atoms with van der Waals surface area (Å²) in [6.07, 6.45) is 1.69. The van der Waals surface area contributed by atoms with Gasteiger partial charge < -0.3 is 14.2 Å². The van der Waals surface area contributed by atoms with Crippen LogP contribution in [0, 0.1) is 5.92 Å². The molecule has 5 heteroatoms. The minimum absolute atomic E-state index is 0.0382. The van der Waals surface area contributed by atoms with Crippen molar-refractivity contribution in [1.82, 2.24) is 4.90 Å². The van der Waals surface area contributed by atoms with Gasteiger partial charge >= 0.3 is 0 Å². The van der Waals surface area contributed by atoms with Gasteiger partial charge in [0.2, 0.25) is 6.79 Å². The summed E-state index contributed by atoms with van der Waals surface area (Å²) in [4.78, 5) is 15.7. The molecule has 0 radical (unpaired) electrons. The molecule has 3 aliphatic rings. The SMILES string of the molecule is O=C(c1ccc2c(c1)OCO2)C1CC2COCC(C1)N2Cc1ccccc1. The Morgan fingerprint density at radius 1 is 0.963 bits per heavy atom. The summed E-state index contributed by atoms with van der Waals surface area (Å²) in [5.41, 5.74) is 2.04. The van der Waals surface area contributed by atoms with Crippen LogP contribution in [0.15, 0.2) is 48.5 Å². The minimum Gasteiger partial charge on any atom is -0.454 e. The highest BCUT2D eigenvalue weighted by molar-refractivity contribution is 5.98. The number of hydrogen-bond acceptors (Lipinski definition) is 5. The van der Waals surface area contributed by atoms with Crippen LogP contribution in [-0.2, 0) is 11.3 Å². The Labute approximate surface area is 158 Å². The first-order valence-electron chi connectivity index (χ1n) is 9.59. The lowest BCUT2D eigenvalue weighted by atomic mass is 9.80. The Hall–Kier alpha value is -2.37. The van der Waals surface area contributed by atoms with Crippen LogP contribution in [0.5, 0.6) is 11.5 Å². The van der Waals surface area contributed by atoms with Crippen molar-refractivity contribution in [3.63, 3.8) is 0 Å². The first-order valence-corrected chi connectivity index (χ1v) is 9.59. The Kier molecular flexibility index (Phi) is 4.34. The van der Waals surface area contributed by atoms with Crippen LogP contribution in [0.1, 0.15) is 28.8 Å². The lowest BCUT2D eigenvalue weighted by Crippen LogP contribution is -2.57. The number of rotatable bonds is 4. The quantitative estimate of drug-likeness (QED) is 0.779. The summed E-state index contributed by atoms with van der Waals surface area (Å²) < 4.78 is 16.6. The van der Waals surface area contributed by atoms with Crippen LogP contribution in [0.3, 0.4) is 0 Å². The molecule has 5 rings (SSSR count). The molecule has 2 unspecified atom stereocenters. The molecule has 0 spiro atoms. The highest BCUT2D eigenvalue weighted by atomic mass is 16.7. The summed E-state index contributed by atoms with van der Waals surface area (Å²) in [5, 5.41) is 0. The smallest absolute Gasteiger partial charge is 0.231 e. The van der Waals surface area contributed by atoms with Gasteiger partial charge in [-0.05, 0) is 36.6 Å². The third-order valence-electron chi connectivity index (χ3n) is 5.91. The van der Waals surface area contributed by atoms with Gasteiger partial charge in [-0.1, -0.05) is 30.3 Å². The van der Waals surface area contributed by atoms with E-state index in [-0.39, 0.29) is 18.5 Å². The lowest BCUT2D eigenvalue weighted by Gasteiger charge is -2.48. The van der Waals surface area contributed by atoms with Gasteiger partial charge in [-0.3, -0.25) is 9.69 Å². The highest BCUT2D eigenvalue weighted by Crippen LogP contribution is 2.37. The third-order valence-corrected chi connectivity index (χ3v) is 5.91. The number of carbonyl (C=O) groups excluding carboxylic acids is 1. The number of ether oxygens (including phenoxy) is 3. The molecule has 2 aromatic rings. The summed E-state index contributed by atoms with van der Waals surface area (Å²) in [7, 11) is 0. The fourth-order valence-corrected chi connectivity index (χ4v) is 4.54. The van der Waals surface area contributed by atoms with Crippen LogP contribution in [-0.4, -0.2) is 42.8 Å². The monoisotopic (exact) mass is 365 g/mol. The van der Waals surface area contributed by atoms with E-state index in [0.717, 1.165) is 30.7 Å². The van der Waals surface area contributed by atoms with E-state index in [1.54, 1.807) is 0 Å². The number of morpholine rings is 1. The van der Waals surface area contributed by atoms with E-state index < -0.39 is 0 Å². The Bertz CT molecular complexity index is 823. The van der Waals surface area contributed by atoms with Crippen LogP contribution in [0.2, 0.25) is 0 Å². The molecule has 3 heterocycles. The maximum atomic E-state index is 13.1. The predicted molar refractivity (Wildman–Crippen MR) is 100.0 cm³/mol. The van der Waals surface area contributed by atoms with Crippen molar-refractivity contribution >= 4 is 5.78 Å². The third kappa shape index (κ3) is 3.22. The van der Waals surface area contributed by atoms with Gasteiger partial charge in [0.15, 0.2) is 17.3 Å². The standard InChI is InChI=1S/C22H23NO4/c24-22(16-6-7-20-21(10-16)27-14-26-20)17-8-18-12-25-13-19(9-17)23(18)11-15-4-2-1-3-5-15/h1-7,10,17-19H,8-9,11-14H2. The van der Waals surface area contributed by atoms with Crippen molar-refractivity contribution in [2.24, 2.45) is 5.92 Å². The van der Waals surface area contributed by atoms with Gasteiger partial charge in [-0.2, -0.15) is 0 Å². The number of Topliss-reactive ketones (excluding diaryl/α,β-unsaturated/α-hetero) is 1. The van der Waals surface area contributed by atoms with Crippen molar-refractivity contribution < 1.29 is 19.0 Å². The highest BCUT2D eigenvalue weighted by Gasteiger charge is 2.41. The normalized spacial score (nSPS) is 26.7. The number of fused-ring (bicyclic) bond motifs is 3. The molecule has 2 fully saturated rings. The van der Waals surface area contributed by atoms with Gasteiger partial charge in [0.1, 0.15) is 0 Å². The van der Waals surface area contributed by atoms with Crippen molar-refractivity contribution in [1.29, 1.82) is 0 Å². The zero-order chi connectivity index (χ0) is 18.2. The Morgan fingerprint density at radius 3 is 2.48 bits per heavy atom. The van der Waals surface area contributed by atoms with E-state index in [0.29, 0.717) is 31.0 Å². The molecule has 3 aliphatic heterocycles. The summed E-state index contributed by atoms with van der Waals surface area (Å²) in [6, 6.07) is 16.6. The van der Waals surface area contributed by atoms with Gasteiger partial charge in [0.25, 0.3) is 0 Å². The van der Waals surface area contributed by atoms with Crippen molar-refractivity contribution in [3.05, 3.63) is 59.7 Å². The number of benzene rings is 2. The first-order chi connectivity index (χ1) is 13.3. The number of nitrogens with zero attached hydrogens (tertiary/aromatic N) is 1. The minimum atomic E-state index is 0.0382. The fraction of sp³-hybridized carbons (Fsp3) is 0.409. The summed E-state index contributed by atoms with van der Waals surface area (Å²) >= 11 is 0. The Balaban J connectivity index is 1.32. The average Bonchev–Trinajstić information content (AvgIpc) is 3.16. The van der Waals surface area contributed by atoms with E-state index in [4.69, 9.17) is 14.2 Å². The summed E-state index contributed by atoms with van der Waals surface area (Å²) in [5.74, 6) is 1.64. The second-order valence-electron chi connectivity index (χ2n) is 7.60. The number of hydrogen-bond donors (Lipinski definition) is 0. The molecule has 0 saturated carbocycles. The van der Waals surface area contributed by atoms with E-state index in [1.807, 2.05) is 24.3 Å². The molecular weight excluding hydrogens is 342 g/mol. The van der Waals surface area contributed by atoms with Crippen LogP contribution in [0.4, 0.5) is 0 Å². The van der Waals surface area contributed by atoms with Gasteiger partial charge in [-0.25, -0.2) is 0 Å². The molecule has 2 aromatic carbocycles. The maximum Gasteiger partial charge on any atom is 0.231 e. The average molecular weight is 365 g/mol. The van der Waals surface area contributed by atoms with Gasteiger partial charge in [0, 0.05) is 30.1 Å². The van der Waals surface area contributed by atoms with Gasteiger partial charge in [-0.15, -0.1) is 0 Å². The topological polar surface area (TPSA) is 48.0 Å². The predicted octanol–water partition coefficient (Wildman–Crippen LogP) is 3.28. The first kappa shape index (κ1) is 16.8. The molecule has 5 nitrogen and oxygen atoms in total. The van der Waals surface area contributed by atoms with Crippen molar-refractivity contribution in [3.8, 4) is 11.5 Å². The van der Waals surface area contributed by atoms with E-state index in [1.165, 1.54) is 5.56 Å². The number of piperidine rings is 1. The molecular formula is C22H23NO4. The molecule has 27 heavy (non-hydrogen) atoms. The second-order valence-corrected chi connectivity index (χ2v) is 7.60. The number of carbonyl (C=O) groups is 1. The van der Waals surface area contributed by atoms with Crippen LogP contribution in [0.25, 0.3) is 0 Å². The molecule has 2 bridgehead atoms. The molecule has 140 valence electrons. The second kappa shape index (κ2) is 6.98. The molecule has 0 aliphatic carbocycles. The van der Waals surface area contributed by atoms with E-state index in [2.05, 4.69) is 29.2 Å². The van der Waals surface area contributed by atoms with Crippen LogP contribution < -0.4 is 9.47 Å². The summed E-state index contributed by atoms with van der Waals surface area (Å²) in [6.45, 7) is 2.55. The molecule has 0 N–H and O–H groups in total. The molecule has 2 saturated heterocycles. The largest absolute Gasteiger partial charge is 0.454 e. The van der Waals surface area contributed by atoms with Crippen LogP contribution >= 0.6 is 0 Å². The van der Waals surface area contributed by atoms with E-state index in [9.17, 15) is 4.79 Å². The maximum absolute atomic E-state index is 13.1. The molecule has 2 atom stereocenters. The zero-order valence-corrected chi connectivity index (χ0v) is 15.2.